The Hall–Kier alpha value is -2.71. The van der Waals surface area contributed by atoms with Gasteiger partial charge in [0.2, 0.25) is 0 Å². The van der Waals surface area contributed by atoms with E-state index in [1.54, 1.807) is 31.2 Å². The van der Waals surface area contributed by atoms with Gasteiger partial charge < -0.3 is 14.4 Å². The number of benzene rings is 2. The average molecular weight is 423 g/mol. The van der Waals surface area contributed by atoms with Crippen molar-refractivity contribution in [1.29, 1.82) is 0 Å². The number of carboxylic acids is 1. The van der Waals surface area contributed by atoms with Gasteiger partial charge in [0.05, 0.1) is 17.3 Å². The first kappa shape index (κ1) is 20.0. The Labute approximate surface area is 168 Å². The number of thiazole rings is 1. The van der Waals surface area contributed by atoms with Gasteiger partial charge in [0, 0.05) is 10.6 Å². The molecule has 6 nitrogen and oxygen atoms in total. The summed E-state index contributed by atoms with van der Waals surface area (Å²) in [5, 5.41) is 9.98. The maximum absolute atomic E-state index is 14.7. The zero-order valence-electron chi connectivity index (χ0n) is 15.0. The molecule has 0 saturated heterocycles. The van der Waals surface area contributed by atoms with Crippen LogP contribution in [0.5, 0.6) is 5.75 Å². The van der Waals surface area contributed by atoms with Crippen LogP contribution in [-0.2, 0) is 4.79 Å². The molecule has 0 aliphatic heterocycles. The number of hydrogen-bond acceptors (Lipinski definition) is 4. The van der Waals surface area contributed by atoms with Gasteiger partial charge in [-0.1, -0.05) is 35.9 Å². The first-order chi connectivity index (χ1) is 13.4. The lowest BCUT2D eigenvalue weighted by molar-refractivity contribution is -0.140. The minimum Gasteiger partial charge on any atom is -0.494 e. The molecule has 1 amide bonds. The Morgan fingerprint density at radius 1 is 1.36 bits per heavy atom. The lowest BCUT2D eigenvalue weighted by Gasteiger charge is -2.13. The quantitative estimate of drug-likeness (QED) is 0.665. The summed E-state index contributed by atoms with van der Waals surface area (Å²) in [5.74, 6) is -2.31. The molecule has 3 aromatic rings. The number of ether oxygens (including phenoxy) is 1. The van der Waals surface area contributed by atoms with Crippen molar-refractivity contribution in [3.8, 4) is 5.75 Å². The van der Waals surface area contributed by atoms with Crippen LogP contribution in [0.25, 0.3) is 10.2 Å². The highest BCUT2D eigenvalue weighted by molar-refractivity contribution is 7.16. The number of aliphatic carboxylic acids is 1. The Kier molecular flexibility index (Phi) is 5.81. The number of halogens is 2. The smallest absolute Gasteiger partial charge is 0.326 e. The van der Waals surface area contributed by atoms with E-state index in [4.69, 9.17) is 16.3 Å². The number of carboxylic acid groups (broad SMARTS) is 1. The predicted octanol–water partition coefficient (Wildman–Crippen LogP) is 4.28. The van der Waals surface area contributed by atoms with Crippen molar-refractivity contribution in [2.75, 3.05) is 7.11 Å². The summed E-state index contributed by atoms with van der Waals surface area (Å²) >= 11 is 6.81. The van der Waals surface area contributed by atoms with E-state index in [9.17, 15) is 19.1 Å². The Morgan fingerprint density at radius 3 is 2.71 bits per heavy atom. The van der Waals surface area contributed by atoms with E-state index in [1.807, 2.05) is 0 Å². The first-order valence-electron chi connectivity index (χ1n) is 8.32. The van der Waals surface area contributed by atoms with Crippen molar-refractivity contribution in [3.63, 3.8) is 0 Å². The molecule has 1 N–H and O–H groups in total. The van der Waals surface area contributed by atoms with Crippen molar-refractivity contribution < 1.29 is 23.8 Å². The summed E-state index contributed by atoms with van der Waals surface area (Å²) in [4.78, 5) is 28.5. The summed E-state index contributed by atoms with van der Waals surface area (Å²) in [6.07, 6.45) is 0.230. The number of carbonyl (C=O) groups excluding carboxylic acids is 1. The van der Waals surface area contributed by atoms with E-state index >= 15 is 0 Å². The summed E-state index contributed by atoms with van der Waals surface area (Å²) in [6.45, 7) is 1.69. The van der Waals surface area contributed by atoms with Crippen molar-refractivity contribution in [2.24, 2.45) is 4.99 Å². The Balaban J connectivity index is 2.29. The molecule has 2 aromatic carbocycles. The highest BCUT2D eigenvalue weighted by Gasteiger charge is 2.24. The van der Waals surface area contributed by atoms with Crippen LogP contribution in [0.15, 0.2) is 41.4 Å². The summed E-state index contributed by atoms with van der Waals surface area (Å²) in [7, 11) is 1.34. The molecular weight excluding hydrogens is 407 g/mol. The standard InChI is InChI=1S/C19H16ClFN2O4S/c1-3-12(18(25)26)23-13-7-8-14(27-2)15(21)16(13)28-19(23)22-17(24)10-5-4-6-11(20)9-10/h4-9,12H,3H2,1-2H3,(H,25,26)/b22-19-. The highest BCUT2D eigenvalue weighted by Crippen LogP contribution is 2.30. The Morgan fingerprint density at radius 2 is 2.11 bits per heavy atom. The SMILES string of the molecule is CCC(C(=O)O)n1/c(=N/C(=O)c2cccc(Cl)c2)sc2c(F)c(OC)ccc21. The zero-order chi connectivity index (χ0) is 20.4. The monoisotopic (exact) mass is 422 g/mol. The molecule has 0 fully saturated rings. The van der Waals surface area contributed by atoms with E-state index in [2.05, 4.69) is 4.99 Å². The van der Waals surface area contributed by atoms with E-state index in [-0.39, 0.29) is 27.2 Å². The fourth-order valence-corrected chi connectivity index (χ4v) is 4.12. The number of rotatable bonds is 5. The molecule has 0 saturated carbocycles. The van der Waals surface area contributed by atoms with Gasteiger partial charge in [-0.05, 0) is 36.8 Å². The second-order valence-electron chi connectivity index (χ2n) is 5.87. The van der Waals surface area contributed by atoms with Crippen LogP contribution in [0.3, 0.4) is 0 Å². The molecule has 1 unspecified atom stereocenters. The topological polar surface area (TPSA) is 80.9 Å². The van der Waals surface area contributed by atoms with Crippen LogP contribution in [0, 0.1) is 5.82 Å². The fraction of sp³-hybridized carbons (Fsp3) is 0.211. The average Bonchev–Trinajstić information content (AvgIpc) is 3.01. The first-order valence-corrected chi connectivity index (χ1v) is 9.51. The maximum Gasteiger partial charge on any atom is 0.326 e. The predicted molar refractivity (Wildman–Crippen MR) is 105 cm³/mol. The molecular formula is C19H16ClFN2O4S. The van der Waals surface area contributed by atoms with Crippen LogP contribution in [0.2, 0.25) is 5.02 Å². The molecule has 0 aliphatic carbocycles. The maximum atomic E-state index is 14.7. The van der Waals surface area contributed by atoms with Gasteiger partial charge in [0.1, 0.15) is 6.04 Å². The second kappa shape index (κ2) is 8.12. The summed E-state index contributed by atoms with van der Waals surface area (Å²) in [5.41, 5.74) is 0.577. The van der Waals surface area contributed by atoms with Gasteiger partial charge >= 0.3 is 5.97 Å². The summed E-state index contributed by atoms with van der Waals surface area (Å²) in [6, 6.07) is 8.21. The molecule has 1 atom stereocenters. The number of methoxy groups -OCH3 is 1. The minimum atomic E-state index is -1.10. The largest absolute Gasteiger partial charge is 0.494 e. The zero-order valence-corrected chi connectivity index (χ0v) is 16.6. The van der Waals surface area contributed by atoms with Crippen LogP contribution in [0.4, 0.5) is 4.39 Å². The third-order valence-electron chi connectivity index (χ3n) is 4.17. The van der Waals surface area contributed by atoms with Crippen LogP contribution >= 0.6 is 22.9 Å². The normalized spacial score (nSPS) is 12.9. The number of carbonyl (C=O) groups is 2. The van der Waals surface area contributed by atoms with E-state index in [0.717, 1.165) is 11.3 Å². The number of amides is 1. The summed E-state index contributed by atoms with van der Waals surface area (Å²) < 4.78 is 21.3. The van der Waals surface area contributed by atoms with Gasteiger partial charge in [-0.3, -0.25) is 4.79 Å². The van der Waals surface area contributed by atoms with Gasteiger partial charge in [0.25, 0.3) is 5.91 Å². The van der Waals surface area contributed by atoms with Crippen molar-refractivity contribution in [2.45, 2.75) is 19.4 Å². The fourth-order valence-electron chi connectivity index (χ4n) is 2.83. The van der Waals surface area contributed by atoms with Crippen molar-refractivity contribution in [3.05, 3.63) is 57.6 Å². The molecule has 1 heterocycles. The molecule has 0 bridgehead atoms. The Bertz CT molecular complexity index is 1140. The molecule has 28 heavy (non-hydrogen) atoms. The lowest BCUT2D eigenvalue weighted by atomic mass is 10.2. The molecule has 1 aromatic heterocycles. The van der Waals surface area contributed by atoms with Gasteiger partial charge in [-0.15, -0.1) is 0 Å². The van der Waals surface area contributed by atoms with Crippen LogP contribution in [0.1, 0.15) is 29.7 Å². The molecule has 9 heteroatoms. The van der Waals surface area contributed by atoms with E-state index in [0.29, 0.717) is 10.5 Å². The molecule has 3 rings (SSSR count). The molecule has 0 radical (unpaired) electrons. The number of nitrogens with zero attached hydrogens (tertiary/aromatic N) is 2. The minimum absolute atomic E-state index is 0.0250. The highest BCUT2D eigenvalue weighted by atomic mass is 35.5. The number of fused-ring (bicyclic) bond motifs is 1. The number of aromatic nitrogens is 1. The molecule has 0 aliphatic rings. The van der Waals surface area contributed by atoms with Gasteiger partial charge in [0.15, 0.2) is 16.4 Å². The van der Waals surface area contributed by atoms with Gasteiger partial charge in [-0.2, -0.15) is 4.99 Å². The van der Waals surface area contributed by atoms with Crippen LogP contribution < -0.4 is 9.54 Å². The van der Waals surface area contributed by atoms with Crippen LogP contribution in [-0.4, -0.2) is 28.7 Å². The molecule has 146 valence electrons. The lowest BCUT2D eigenvalue weighted by Crippen LogP contribution is -2.27. The van der Waals surface area contributed by atoms with Crippen molar-refractivity contribution >= 4 is 45.0 Å². The number of hydrogen-bond donors (Lipinski definition) is 1. The third-order valence-corrected chi connectivity index (χ3v) is 5.47. The van der Waals surface area contributed by atoms with Crippen molar-refractivity contribution in [1.82, 2.24) is 4.57 Å². The third kappa shape index (κ3) is 3.65. The van der Waals surface area contributed by atoms with Gasteiger partial charge in [-0.25, -0.2) is 9.18 Å². The van der Waals surface area contributed by atoms with E-state index in [1.165, 1.54) is 23.8 Å². The van der Waals surface area contributed by atoms with E-state index < -0.39 is 23.7 Å². The molecule has 0 spiro atoms. The second-order valence-corrected chi connectivity index (χ2v) is 7.29.